The van der Waals surface area contributed by atoms with E-state index in [4.69, 9.17) is 0 Å². The van der Waals surface area contributed by atoms with Crippen molar-refractivity contribution in [3.63, 3.8) is 0 Å². The van der Waals surface area contributed by atoms with E-state index in [1.165, 1.54) is 16.3 Å². The molecule has 0 amide bonds. The van der Waals surface area contributed by atoms with Gasteiger partial charge in [-0.15, -0.1) is 5.10 Å². The summed E-state index contributed by atoms with van der Waals surface area (Å²) in [6.45, 7) is 2.73. The summed E-state index contributed by atoms with van der Waals surface area (Å²) >= 11 is 1.30. The number of H-pyrrole nitrogens is 1. The number of anilines is 1. The second kappa shape index (κ2) is 5.00. The van der Waals surface area contributed by atoms with Crippen LogP contribution in [-0.4, -0.2) is 31.3 Å². The van der Waals surface area contributed by atoms with Gasteiger partial charge in [-0.2, -0.15) is 0 Å². The Bertz CT molecular complexity index is 563. The Morgan fingerprint density at radius 2 is 2.41 bits per heavy atom. The van der Waals surface area contributed by atoms with Crippen LogP contribution in [0.15, 0.2) is 27.2 Å². The van der Waals surface area contributed by atoms with E-state index in [1.54, 1.807) is 19.3 Å². The molecule has 0 saturated carbocycles. The van der Waals surface area contributed by atoms with Crippen LogP contribution in [0.5, 0.6) is 0 Å². The first-order valence-electron chi connectivity index (χ1n) is 5.07. The summed E-state index contributed by atoms with van der Waals surface area (Å²) in [5.74, 6) is 0.568. The molecule has 0 atom stereocenters. The topological polar surface area (TPSA) is 88.5 Å². The average molecular weight is 252 g/mol. The minimum Gasteiger partial charge on any atom is -0.354 e. The first kappa shape index (κ1) is 11.6. The predicted molar refractivity (Wildman–Crippen MR) is 64.1 cm³/mol. The maximum Gasteiger partial charge on any atom is 0.343 e. The molecule has 0 saturated heterocycles. The van der Waals surface area contributed by atoms with Crippen LogP contribution in [0.2, 0.25) is 0 Å². The fourth-order valence-corrected chi connectivity index (χ4v) is 1.92. The van der Waals surface area contributed by atoms with Gasteiger partial charge < -0.3 is 5.32 Å². The SMILES string of the molecule is CCNc1nccc(Sc2n[nH]c(=O)n2C)n1. The minimum atomic E-state index is -0.242. The summed E-state index contributed by atoms with van der Waals surface area (Å²) in [5.41, 5.74) is -0.242. The van der Waals surface area contributed by atoms with Crippen molar-refractivity contribution in [2.24, 2.45) is 7.05 Å². The highest BCUT2D eigenvalue weighted by molar-refractivity contribution is 7.99. The molecule has 90 valence electrons. The van der Waals surface area contributed by atoms with E-state index in [-0.39, 0.29) is 5.69 Å². The molecule has 2 heterocycles. The van der Waals surface area contributed by atoms with Crippen molar-refractivity contribution in [3.05, 3.63) is 22.7 Å². The van der Waals surface area contributed by atoms with Crippen molar-refractivity contribution in [1.29, 1.82) is 0 Å². The van der Waals surface area contributed by atoms with Crippen LogP contribution in [0.3, 0.4) is 0 Å². The molecule has 0 unspecified atom stereocenters. The summed E-state index contributed by atoms with van der Waals surface area (Å²) in [6, 6.07) is 1.77. The maximum atomic E-state index is 11.2. The first-order valence-corrected chi connectivity index (χ1v) is 5.88. The van der Waals surface area contributed by atoms with E-state index >= 15 is 0 Å². The van der Waals surface area contributed by atoms with Crippen LogP contribution < -0.4 is 11.0 Å². The zero-order chi connectivity index (χ0) is 12.3. The highest BCUT2D eigenvalue weighted by Crippen LogP contribution is 2.22. The lowest BCUT2D eigenvalue weighted by atomic mass is 10.6. The summed E-state index contributed by atoms with van der Waals surface area (Å²) < 4.78 is 1.43. The Morgan fingerprint density at radius 1 is 1.59 bits per heavy atom. The molecule has 0 aliphatic heterocycles. The van der Waals surface area contributed by atoms with Crippen molar-refractivity contribution in [1.82, 2.24) is 24.7 Å². The molecule has 0 spiro atoms. The van der Waals surface area contributed by atoms with Crippen molar-refractivity contribution >= 4 is 17.7 Å². The van der Waals surface area contributed by atoms with Crippen molar-refractivity contribution in [3.8, 4) is 0 Å². The normalized spacial score (nSPS) is 10.5. The molecule has 0 aliphatic rings. The molecule has 2 rings (SSSR count). The summed E-state index contributed by atoms with van der Waals surface area (Å²) in [4.78, 5) is 19.5. The van der Waals surface area contributed by atoms with Crippen molar-refractivity contribution < 1.29 is 0 Å². The lowest BCUT2D eigenvalue weighted by Gasteiger charge is -2.03. The van der Waals surface area contributed by atoms with Crippen LogP contribution in [0, 0.1) is 0 Å². The second-order valence-corrected chi connectivity index (χ2v) is 4.21. The molecule has 0 radical (unpaired) electrons. The van der Waals surface area contributed by atoms with E-state index in [0.717, 1.165) is 11.6 Å². The molecule has 8 heteroatoms. The Balaban J connectivity index is 2.21. The number of hydrogen-bond donors (Lipinski definition) is 2. The Morgan fingerprint density at radius 3 is 3.06 bits per heavy atom. The number of aromatic amines is 1. The number of hydrogen-bond acceptors (Lipinski definition) is 6. The van der Waals surface area contributed by atoms with Gasteiger partial charge in [-0.05, 0) is 24.8 Å². The quantitative estimate of drug-likeness (QED) is 0.769. The van der Waals surface area contributed by atoms with Gasteiger partial charge in [0, 0.05) is 19.8 Å². The van der Waals surface area contributed by atoms with Gasteiger partial charge in [0.1, 0.15) is 5.03 Å². The predicted octanol–water partition coefficient (Wildman–Crippen LogP) is 0.481. The van der Waals surface area contributed by atoms with Gasteiger partial charge in [0.2, 0.25) is 5.95 Å². The molecule has 2 N–H and O–H groups in total. The molecule has 7 nitrogen and oxygen atoms in total. The summed E-state index contributed by atoms with van der Waals surface area (Å²) in [5, 5.41) is 10.6. The van der Waals surface area contributed by atoms with Crippen LogP contribution in [0.25, 0.3) is 0 Å². The lowest BCUT2D eigenvalue weighted by molar-refractivity contribution is 0.764. The van der Waals surface area contributed by atoms with Gasteiger partial charge in [-0.25, -0.2) is 19.9 Å². The Hall–Kier alpha value is -1.83. The van der Waals surface area contributed by atoms with Crippen LogP contribution in [0.1, 0.15) is 6.92 Å². The molecule has 2 aromatic rings. The third-order valence-electron chi connectivity index (χ3n) is 2.00. The van der Waals surface area contributed by atoms with Gasteiger partial charge in [-0.3, -0.25) is 4.57 Å². The number of aromatic nitrogens is 5. The first-order chi connectivity index (χ1) is 8.20. The Labute approximate surface area is 102 Å². The largest absolute Gasteiger partial charge is 0.354 e. The van der Waals surface area contributed by atoms with E-state index in [2.05, 4.69) is 25.5 Å². The molecule has 17 heavy (non-hydrogen) atoms. The zero-order valence-electron chi connectivity index (χ0n) is 9.47. The minimum absolute atomic E-state index is 0.242. The molecule has 0 bridgehead atoms. The fourth-order valence-electron chi connectivity index (χ4n) is 1.16. The van der Waals surface area contributed by atoms with Crippen LogP contribution in [-0.2, 0) is 7.05 Å². The van der Waals surface area contributed by atoms with Crippen LogP contribution >= 0.6 is 11.8 Å². The molecular formula is C9H12N6OS. The van der Waals surface area contributed by atoms with Gasteiger partial charge in [-0.1, -0.05) is 0 Å². The molecular weight excluding hydrogens is 240 g/mol. The smallest absolute Gasteiger partial charge is 0.343 e. The summed E-state index contributed by atoms with van der Waals surface area (Å²) in [7, 11) is 1.65. The summed E-state index contributed by atoms with van der Waals surface area (Å²) in [6.07, 6.45) is 1.66. The van der Waals surface area contributed by atoms with E-state index in [0.29, 0.717) is 11.1 Å². The fraction of sp³-hybridized carbons (Fsp3) is 0.333. The maximum absolute atomic E-state index is 11.2. The van der Waals surface area contributed by atoms with Gasteiger partial charge >= 0.3 is 5.69 Å². The van der Waals surface area contributed by atoms with Crippen molar-refractivity contribution in [2.75, 3.05) is 11.9 Å². The highest BCUT2D eigenvalue weighted by Gasteiger charge is 2.07. The van der Waals surface area contributed by atoms with E-state index < -0.39 is 0 Å². The second-order valence-electron chi connectivity index (χ2n) is 3.22. The lowest BCUT2D eigenvalue weighted by Crippen LogP contribution is -2.12. The standard InChI is InChI=1S/C9H12N6OS/c1-3-10-7-11-5-4-6(12-7)17-9-14-13-8(16)15(9)2/h4-5H,3H2,1-2H3,(H,13,16)(H,10,11,12). The average Bonchev–Trinajstić information content (AvgIpc) is 2.62. The molecule has 0 fully saturated rings. The third-order valence-corrected chi connectivity index (χ3v) is 2.98. The molecule has 2 aromatic heterocycles. The number of rotatable bonds is 4. The molecule has 0 aliphatic carbocycles. The molecule has 0 aromatic carbocycles. The van der Waals surface area contributed by atoms with Gasteiger partial charge in [0.05, 0.1) is 0 Å². The van der Waals surface area contributed by atoms with Gasteiger partial charge in [0.15, 0.2) is 5.16 Å². The monoisotopic (exact) mass is 252 g/mol. The van der Waals surface area contributed by atoms with Crippen molar-refractivity contribution in [2.45, 2.75) is 17.1 Å². The Kier molecular flexibility index (Phi) is 3.43. The number of nitrogens with one attached hydrogen (secondary N) is 2. The number of nitrogens with zero attached hydrogens (tertiary/aromatic N) is 4. The van der Waals surface area contributed by atoms with Gasteiger partial charge in [0.25, 0.3) is 0 Å². The van der Waals surface area contributed by atoms with Crippen LogP contribution in [0.4, 0.5) is 5.95 Å². The zero-order valence-corrected chi connectivity index (χ0v) is 10.3. The highest BCUT2D eigenvalue weighted by atomic mass is 32.2. The third kappa shape index (κ3) is 2.64. The van der Waals surface area contributed by atoms with E-state index in [1.807, 2.05) is 6.92 Å². The van der Waals surface area contributed by atoms with E-state index in [9.17, 15) is 4.79 Å².